The lowest BCUT2D eigenvalue weighted by Crippen LogP contribution is -2.43. The third-order valence-electron chi connectivity index (χ3n) is 7.84. The second-order valence-electron chi connectivity index (χ2n) is 11.1. The highest BCUT2D eigenvalue weighted by Crippen LogP contribution is 2.53. The largest absolute Gasteiger partial charge is 0.544 e. The van der Waals surface area contributed by atoms with E-state index in [0.29, 0.717) is 6.61 Å². The first-order valence-corrected chi connectivity index (χ1v) is 15.7. The number of hydrogen-bond donors (Lipinski definition) is 0. The predicted octanol–water partition coefficient (Wildman–Crippen LogP) is 7.54. The van der Waals surface area contributed by atoms with Crippen molar-refractivity contribution in [1.82, 2.24) is 0 Å². The second-order valence-corrected chi connectivity index (χ2v) is 15.8. The fourth-order valence-corrected chi connectivity index (χ4v) is 5.97. The van der Waals surface area contributed by atoms with Crippen LogP contribution in [0.3, 0.4) is 0 Å². The van der Waals surface area contributed by atoms with Gasteiger partial charge in [0.05, 0.1) is 19.6 Å². The minimum atomic E-state index is -1.94. The molecule has 0 spiro atoms. The van der Waals surface area contributed by atoms with Gasteiger partial charge in [-0.15, -0.1) is 0 Å². The minimum absolute atomic E-state index is 0.0979. The Morgan fingerprint density at radius 1 is 0.806 bits per heavy atom. The van der Waals surface area contributed by atoms with E-state index in [-0.39, 0.29) is 28.8 Å². The van der Waals surface area contributed by atoms with Crippen LogP contribution in [-0.4, -0.2) is 28.0 Å². The summed E-state index contributed by atoms with van der Waals surface area (Å²) in [6.45, 7) is 13.5. The zero-order chi connectivity index (χ0) is 26.1. The monoisotopic (exact) mass is 502 g/mol. The predicted molar refractivity (Wildman–Crippen MR) is 148 cm³/mol. The average molecular weight is 503 g/mol. The molecule has 4 rings (SSSR count). The normalized spacial score (nSPS) is 19.5. The molecule has 3 aromatic carbocycles. The summed E-state index contributed by atoms with van der Waals surface area (Å²) in [6, 6.07) is 24.8. The molecule has 3 atom stereocenters. The molecule has 0 amide bonds. The molecule has 0 saturated heterocycles. The minimum Gasteiger partial charge on any atom is -0.544 e. The van der Waals surface area contributed by atoms with E-state index in [1.165, 1.54) is 11.1 Å². The smallest absolute Gasteiger partial charge is 0.310 e. The van der Waals surface area contributed by atoms with Crippen LogP contribution in [0.25, 0.3) is 0 Å². The number of methoxy groups -OCH3 is 1. The van der Waals surface area contributed by atoms with Gasteiger partial charge in [0, 0.05) is 11.8 Å². The van der Waals surface area contributed by atoms with E-state index in [4.69, 9.17) is 13.9 Å². The van der Waals surface area contributed by atoms with Gasteiger partial charge in [0.1, 0.15) is 11.5 Å². The van der Waals surface area contributed by atoms with Crippen LogP contribution in [0, 0.1) is 5.92 Å². The maximum absolute atomic E-state index is 13.5. The van der Waals surface area contributed by atoms with Gasteiger partial charge in [-0.2, -0.15) is 0 Å². The number of esters is 1. The summed E-state index contributed by atoms with van der Waals surface area (Å²) >= 11 is 0. The Morgan fingerprint density at radius 2 is 1.28 bits per heavy atom. The van der Waals surface area contributed by atoms with Crippen LogP contribution < -0.4 is 9.16 Å². The molecule has 1 aliphatic carbocycles. The molecule has 0 radical (unpaired) electrons. The number of fused-ring (bicyclic) bond motifs is 1. The zero-order valence-electron chi connectivity index (χ0n) is 22.5. The van der Waals surface area contributed by atoms with E-state index in [1.54, 1.807) is 7.11 Å². The van der Waals surface area contributed by atoms with Crippen LogP contribution in [0.15, 0.2) is 72.8 Å². The number of carbonyl (C=O) groups is 1. The molecule has 4 nitrogen and oxygen atoms in total. The van der Waals surface area contributed by atoms with Crippen molar-refractivity contribution in [2.75, 3.05) is 13.7 Å². The molecule has 5 heteroatoms. The van der Waals surface area contributed by atoms with E-state index in [9.17, 15) is 4.79 Å². The summed E-state index contributed by atoms with van der Waals surface area (Å²) in [5, 5.41) is 0.122. The summed E-state index contributed by atoms with van der Waals surface area (Å²) < 4.78 is 17.5. The van der Waals surface area contributed by atoms with Gasteiger partial charge in [0.25, 0.3) is 0 Å². The van der Waals surface area contributed by atoms with Crippen LogP contribution in [0.5, 0.6) is 11.5 Å². The molecule has 190 valence electrons. The second kappa shape index (κ2) is 10.1. The van der Waals surface area contributed by atoms with Gasteiger partial charge in [0.15, 0.2) is 0 Å². The number of ether oxygens (including phenoxy) is 2. The van der Waals surface area contributed by atoms with Crippen molar-refractivity contribution in [2.24, 2.45) is 5.92 Å². The summed E-state index contributed by atoms with van der Waals surface area (Å²) in [6.07, 6.45) is 0. The van der Waals surface area contributed by atoms with Crippen LogP contribution >= 0.6 is 0 Å². The first kappa shape index (κ1) is 26.0. The lowest BCUT2D eigenvalue weighted by atomic mass is 9.79. The van der Waals surface area contributed by atoms with Crippen molar-refractivity contribution in [3.63, 3.8) is 0 Å². The highest BCUT2D eigenvalue weighted by atomic mass is 28.4. The molecule has 3 aromatic rings. The highest BCUT2D eigenvalue weighted by Gasteiger charge is 2.47. The van der Waals surface area contributed by atoms with Crippen molar-refractivity contribution >= 4 is 14.3 Å². The zero-order valence-corrected chi connectivity index (χ0v) is 23.5. The third kappa shape index (κ3) is 4.94. The molecule has 0 N–H and O–H groups in total. The Kier molecular flexibility index (Phi) is 7.33. The summed E-state index contributed by atoms with van der Waals surface area (Å²) in [4.78, 5) is 13.5. The van der Waals surface area contributed by atoms with Gasteiger partial charge in [-0.1, -0.05) is 69.3 Å². The molecule has 0 fully saturated rings. The summed E-state index contributed by atoms with van der Waals surface area (Å²) in [5.41, 5.74) is 4.53. The van der Waals surface area contributed by atoms with E-state index < -0.39 is 8.32 Å². The van der Waals surface area contributed by atoms with Crippen molar-refractivity contribution in [2.45, 2.75) is 57.7 Å². The molecule has 36 heavy (non-hydrogen) atoms. The van der Waals surface area contributed by atoms with Crippen LogP contribution in [-0.2, 0) is 9.53 Å². The number of carbonyl (C=O) groups excluding carboxylic acids is 1. The molecule has 3 unspecified atom stereocenters. The Morgan fingerprint density at radius 3 is 1.69 bits per heavy atom. The molecule has 0 aromatic heterocycles. The molecule has 0 bridgehead atoms. The first-order chi connectivity index (χ1) is 17.1. The van der Waals surface area contributed by atoms with Crippen molar-refractivity contribution < 1.29 is 18.7 Å². The van der Waals surface area contributed by atoms with E-state index in [1.807, 2.05) is 19.1 Å². The maximum atomic E-state index is 13.5. The van der Waals surface area contributed by atoms with Crippen LogP contribution in [0.4, 0.5) is 0 Å². The average Bonchev–Trinajstić information content (AvgIpc) is 3.19. The lowest BCUT2D eigenvalue weighted by Gasteiger charge is -2.36. The fourth-order valence-electron chi connectivity index (χ4n) is 4.94. The highest BCUT2D eigenvalue weighted by molar-refractivity contribution is 6.74. The SMILES string of the molecule is CCOC(=O)C1C(c2ccc(OC)cc2)c2ccccc2C1c1ccc(O[Si](C)(C)C(C)(C)C)cc1. The molecule has 0 aliphatic heterocycles. The molecule has 0 heterocycles. The van der Waals surface area contributed by atoms with Gasteiger partial charge in [-0.25, -0.2) is 0 Å². The Labute approximate surface area is 216 Å². The van der Waals surface area contributed by atoms with Gasteiger partial charge in [0.2, 0.25) is 8.32 Å². The van der Waals surface area contributed by atoms with E-state index >= 15 is 0 Å². The van der Waals surface area contributed by atoms with Crippen molar-refractivity contribution in [3.05, 3.63) is 95.1 Å². The number of benzene rings is 3. The topological polar surface area (TPSA) is 44.8 Å². The third-order valence-corrected chi connectivity index (χ3v) is 12.2. The Bertz CT molecular complexity index is 1190. The fraction of sp³-hybridized carbons (Fsp3) is 0.387. The molecular formula is C31H38O4Si. The van der Waals surface area contributed by atoms with Crippen molar-refractivity contribution in [3.8, 4) is 11.5 Å². The van der Waals surface area contributed by atoms with Gasteiger partial charge in [-0.3, -0.25) is 4.79 Å². The summed E-state index contributed by atoms with van der Waals surface area (Å²) in [5.74, 6) is 0.959. The maximum Gasteiger partial charge on any atom is 0.310 e. The van der Waals surface area contributed by atoms with Gasteiger partial charge in [-0.05, 0) is 71.6 Å². The lowest BCUT2D eigenvalue weighted by molar-refractivity contribution is -0.148. The Hall–Kier alpha value is -3.05. The molecule has 0 saturated carbocycles. The molecule has 1 aliphatic rings. The molecular weight excluding hydrogens is 464 g/mol. The Balaban J connectivity index is 1.76. The van der Waals surface area contributed by atoms with Gasteiger partial charge >= 0.3 is 5.97 Å². The van der Waals surface area contributed by atoms with Crippen LogP contribution in [0.1, 0.15) is 61.8 Å². The van der Waals surface area contributed by atoms with Crippen molar-refractivity contribution in [1.29, 1.82) is 0 Å². The quantitative estimate of drug-likeness (QED) is 0.247. The summed E-state index contributed by atoms with van der Waals surface area (Å²) in [7, 11) is -0.279. The number of hydrogen-bond acceptors (Lipinski definition) is 4. The standard InChI is InChI=1S/C31H38O4Si/c1-8-34-30(32)29-27(21-13-17-23(33-5)18-14-21)25-11-9-10-12-26(25)28(29)22-15-19-24(20-16-22)35-36(6,7)31(2,3)4/h9-20,27-29H,8H2,1-7H3. The number of rotatable bonds is 7. The first-order valence-electron chi connectivity index (χ1n) is 12.8. The van der Waals surface area contributed by atoms with Crippen LogP contribution in [0.2, 0.25) is 18.1 Å². The van der Waals surface area contributed by atoms with Gasteiger partial charge < -0.3 is 13.9 Å². The van der Waals surface area contributed by atoms with E-state index in [0.717, 1.165) is 22.6 Å². The van der Waals surface area contributed by atoms with E-state index in [2.05, 4.69) is 94.5 Å².